The van der Waals surface area contributed by atoms with Crippen molar-refractivity contribution in [2.75, 3.05) is 18.4 Å². The van der Waals surface area contributed by atoms with Crippen LogP contribution in [0.4, 0.5) is 10.1 Å². The molecule has 0 spiro atoms. The van der Waals surface area contributed by atoms with Crippen molar-refractivity contribution >= 4 is 11.6 Å². The van der Waals surface area contributed by atoms with Crippen molar-refractivity contribution in [3.8, 4) is 6.07 Å². The van der Waals surface area contributed by atoms with E-state index in [2.05, 4.69) is 5.32 Å². The number of nitriles is 1. The van der Waals surface area contributed by atoms with Crippen molar-refractivity contribution in [2.24, 2.45) is 0 Å². The van der Waals surface area contributed by atoms with Gasteiger partial charge >= 0.3 is 0 Å². The first kappa shape index (κ1) is 16.0. The lowest BCUT2D eigenvalue weighted by Gasteiger charge is -2.35. The van der Waals surface area contributed by atoms with Gasteiger partial charge in [-0.15, -0.1) is 0 Å². The fourth-order valence-electron chi connectivity index (χ4n) is 2.39. The van der Waals surface area contributed by atoms with E-state index in [0.29, 0.717) is 18.8 Å². The molecule has 6 heteroatoms. The average molecular weight is 303 g/mol. The molecule has 0 aromatic heterocycles. The van der Waals surface area contributed by atoms with Gasteiger partial charge in [-0.2, -0.15) is 5.26 Å². The first-order chi connectivity index (χ1) is 10.5. The number of hydrogen-bond acceptors (Lipinski definition) is 4. The van der Waals surface area contributed by atoms with E-state index in [4.69, 9.17) is 4.74 Å². The van der Waals surface area contributed by atoms with E-state index < -0.39 is 0 Å². The zero-order valence-electron chi connectivity index (χ0n) is 12.5. The molecule has 0 saturated carbocycles. The molecule has 1 aromatic carbocycles. The van der Waals surface area contributed by atoms with Crippen LogP contribution in [0.2, 0.25) is 0 Å². The van der Waals surface area contributed by atoms with Crippen LogP contribution in [0.15, 0.2) is 36.0 Å². The minimum Gasteiger partial charge on any atom is -0.372 e. The van der Waals surface area contributed by atoms with E-state index in [1.165, 1.54) is 18.3 Å². The lowest BCUT2D eigenvalue weighted by Crippen LogP contribution is -2.48. The van der Waals surface area contributed by atoms with Gasteiger partial charge in [0.2, 0.25) is 0 Å². The van der Waals surface area contributed by atoms with Gasteiger partial charge < -0.3 is 15.0 Å². The summed E-state index contributed by atoms with van der Waals surface area (Å²) >= 11 is 0. The topological polar surface area (TPSA) is 65.4 Å². The number of hydrogen-bond donors (Lipinski definition) is 1. The van der Waals surface area contributed by atoms with Crippen LogP contribution in [0, 0.1) is 17.1 Å². The van der Waals surface area contributed by atoms with Gasteiger partial charge in [-0.3, -0.25) is 4.79 Å². The number of carbonyl (C=O) groups is 1. The number of nitrogens with one attached hydrogen (secondary N) is 1. The first-order valence-electron chi connectivity index (χ1n) is 7.06. The maximum atomic E-state index is 13.1. The Morgan fingerprint density at radius 3 is 2.73 bits per heavy atom. The quantitative estimate of drug-likeness (QED) is 0.687. The molecule has 1 aromatic rings. The van der Waals surface area contributed by atoms with Gasteiger partial charge in [0.25, 0.3) is 5.91 Å². The largest absolute Gasteiger partial charge is 0.372 e. The number of amides is 1. The summed E-state index contributed by atoms with van der Waals surface area (Å²) < 4.78 is 18.7. The van der Waals surface area contributed by atoms with Gasteiger partial charge in [-0.1, -0.05) is 6.07 Å². The first-order valence-corrected chi connectivity index (χ1v) is 7.06. The molecule has 1 heterocycles. The van der Waals surface area contributed by atoms with E-state index in [0.717, 1.165) is 0 Å². The molecule has 22 heavy (non-hydrogen) atoms. The normalized spacial score (nSPS) is 22.1. The second-order valence-corrected chi connectivity index (χ2v) is 5.29. The van der Waals surface area contributed by atoms with Gasteiger partial charge in [-0.05, 0) is 32.0 Å². The highest BCUT2D eigenvalue weighted by molar-refractivity contribution is 5.97. The summed E-state index contributed by atoms with van der Waals surface area (Å²) in [7, 11) is 0. The molecule has 0 radical (unpaired) electrons. The van der Waals surface area contributed by atoms with Crippen molar-refractivity contribution in [2.45, 2.75) is 26.1 Å². The predicted molar refractivity (Wildman–Crippen MR) is 80.3 cm³/mol. The van der Waals surface area contributed by atoms with Crippen LogP contribution >= 0.6 is 0 Å². The lowest BCUT2D eigenvalue weighted by molar-refractivity contribution is -0.138. The summed E-state index contributed by atoms with van der Waals surface area (Å²) in [5, 5.41) is 12.0. The highest BCUT2D eigenvalue weighted by atomic mass is 19.1. The molecule has 1 amide bonds. The fraction of sp³-hybridized carbons (Fsp3) is 0.375. The van der Waals surface area contributed by atoms with Crippen molar-refractivity contribution in [1.82, 2.24) is 4.90 Å². The standard InChI is InChI=1S/C16H18FN3O2/c1-11-9-20(10-12(2)22-11)16(21)13(7-18)8-19-15-5-3-4-14(17)6-15/h3-6,8,11-12,19H,9-10H2,1-2H3/b13-8-. The number of anilines is 1. The number of ether oxygens (including phenoxy) is 1. The number of morpholine rings is 1. The Morgan fingerprint density at radius 1 is 1.45 bits per heavy atom. The van der Waals surface area contributed by atoms with Crippen LogP contribution in [0.5, 0.6) is 0 Å². The third-order valence-electron chi connectivity index (χ3n) is 3.27. The Kier molecular flexibility index (Phi) is 5.12. The van der Waals surface area contributed by atoms with Crippen LogP contribution in [-0.4, -0.2) is 36.1 Å². The minimum absolute atomic E-state index is 0.0226. The second kappa shape index (κ2) is 7.05. The average Bonchev–Trinajstić information content (AvgIpc) is 2.46. The molecular weight excluding hydrogens is 285 g/mol. The Hall–Kier alpha value is -2.39. The molecule has 2 unspecified atom stereocenters. The summed E-state index contributed by atoms with van der Waals surface area (Å²) in [6, 6.07) is 7.69. The molecular formula is C16H18FN3O2. The molecule has 1 N–H and O–H groups in total. The highest BCUT2D eigenvalue weighted by Crippen LogP contribution is 2.14. The summed E-state index contributed by atoms with van der Waals surface area (Å²) in [4.78, 5) is 14.0. The smallest absolute Gasteiger partial charge is 0.266 e. The third-order valence-corrected chi connectivity index (χ3v) is 3.27. The fourth-order valence-corrected chi connectivity index (χ4v) is 2.39. The maximum absolute atomic E-state index is 13.1. The Bertz CT molecular complexity index is 614. The number of rotatable bonds is 3. The molecule has 0 bridgehead atoms. The van der Waals surface area contributed by atoms with Crippen molar-refractivity contribution in [3.05, 3.63) is 41.9 Å². The maximum Gasteiger partial charge on any atom is 0.266 e. The monoisotopic (exact) mass is 303 g/mol. The summed E-state index contributed by atoms with van der Waals surface area (Å²) in [5.41, 5.74) is 0.454. The van der Waals surface area contributed by atoms with Crippen LogP contribution in [-0.2, 0) is 9.53 Å². The molecule has 1 aliphatic heterocycles. The third kappa shape index (κ3) is 4.06. The predicted octanol–water partition coefficient (Wildman–Crippen LogP) is 2.28. The molecule has 2 rings (SSSR count). The van der Waals surface area contributed by atoms with E-state index in [9.17, 15) is 14.4 Å². The van der Waals surface area contributed by atoms with Gasteiger partial charge in [-0.25, -0.2) is 4.39 Å². The van der Waals surface area contributed by atoms with Gasteiger partial charge in [0.15, 0.2) is 0 Å². The zero-order chi connectivity index (χ0) is 16.1. The highest BCUT2D eigenvalue weighted by Gasteiger charge is 2.27. The van der Waals surface area contributed by atoms with Crippen LogP contribution < -0.4 is 5.32 Å². The summed E-state index contributed by atoms with van der Waals surface area (Å²) in [6.07, 6.45) is 1.18. The molecule has 1 fully saturated rings. The van der Waals surface area contributed by atoms with Crippen LogP contribution in [0.3, 0.4) is 0 Å². The summed E-state index contributed by atoms with van der Waals surface area (Å²) in [6.45, 7) is 4.66. The molecule has 0 aliphatic carbocycles. The van der Waals surface area contributed by atoms with Gasteiger partial charge in [0.05, 0.1) is 12.2 Å². The van der Waals surface area contributed by atoms with Gasteiger partial charge in [0.1, 0.15) is 17.5 Å². The molecule has 2 atom stereocenters. The Balaban J connectivity index is 2.08. The van der Waals surface area contributed by atoms with Crippen LogP contribution in [0.25, 0.3) is 0 Å². The van der Waals surface area contributed by atoms with E-state index in [-0.39, 0.29) is 29.5 Å². The number of benzene rings is 1. The molecule has 116 valence electrons. The van der Waals surface area contributed by atoms with Crippen molar-refractivity contribution < 1.29 is 13.9 Å². The molecule has 5 nitrogen and oxygen atoms in total. The zero-order valence-corrected chi connectivity index (χ0v) is 12.5. The number of halogens is 1. The van der Waals surface area contributed by atoms with E-state index in [1.807, 2.05) is 19.9 Å². The Labute approximate surface area is 129 Å². The lowest BCUT2D eigenvalue weighted by atomic mass is 10.2. The van der Waals surface area contributed by atoms with E-state index >= 15 is 0 Å². The van der Waals surface area contributed by atoms with Crippen LogP contribution in [0.1, 0.15) is 13.8 Å². The molecule has 1 saturated heterocycles. The second-order valence-electron chi connectivity index (χ2n) is 5.29. The van der Waals surface area contributed by atoms with Crippen molar-refractivity contribution in [3.63, 3.8) is 0 Å². The number of nitrogens with zero attached hydrogens (tertiary/aromatic N) is 2. The minimum atomic E-state index is -0.390. The SMILES string of the molecule is CC1CN(C(=O)/C(C#N)=C\Nc2cccc(F)c2)CC(C)O1. The van der Waals surface area contributed by atoms with E-state index in [1.54, 1.807) is 17.0 Å². The Morgan fingerprint density at radius 2 is 2.14 bits per heavy atom. The number of carbonyl (C=O) groups excluding carboxylic acids is 1. The molecule has 1 aliphatic rings. The van der Waals surface area contributed by atoms with Gasteiger partial charge in [0, 0.05) is 25.0 Å². The van der Waals surface area contributed by atoms with Crippen molar-refractivity contribution in [1.29, 1.82) is 5.26 Å². The summed E-state index contributed by atoms with van der Waals surface area (Å²) in [5.74, 6) is -0.743.